The highest BCUT2D eigenvalue weighted by atomic mass is 31.1. The van der Waals surface area contributed by atoms with Gasteiger partial charge in [-0.25, -0.2) is 0 Å². The molecule has 0 spiro atoms. The fraction of sp³-hybridized carbons (Fsp3) is 0.500. The van der Waals surface area contributed by atoms with Gasteiger partial charge in [-0.2, -0.15) is 0 Å². The molecule has 32 heavy (non-hydrogen) atoms. The summed E-state index contributed by atoms with van der Waals surface area (Å²) in [6.45, 7) is 19.6. The SMILES string of the molecule is C/C=C(/Op1oc2c(C)cc(C)cc2c2cc(C)cc(C)c2o1)C(C)(C)C(CC)CCC. The van der Waals surface area contributed by atoms with E-state index in [1.807, 2.05) is 6.92 Å². The van der Waals surface area contributed by atoms with Crippen LogP contribution in [0.4, 0.5) is 0 Å². The van der Waals surface area contributed by atoms with E-state index in [1.165, 1.54) is 24.0 Å². The van der Waals surface area contributed by atoms with Crippen molar-refractivity contribution in [2.24, 2.45) is 11.3 Å². The van der Waals surface area contributed by atoms with E-state index in [-0.39, 0.29) is 5.41 Å². The lowest BCUT2D eigenvalue weighted by molar-refractivity contribution is 0.184. The molecule has 0 saturated heterocycles. The number of fused-ring (bicyclic) bond motifs is 3. The topological polar surface area (TPSA) is 35.5 Å². The van der Waals surface area contributed by atoms with Gasteiger partial charge in [0.15, 0.2) is 0 Å². The minimum atomic E-state index is -1.64. The molecule has 0 amide bonds. The lowest BCUT2D eigenvalue weighted by Gasteiger charge is -2.34. The summed E-state index contributed by atoms with van der Waals surface area (Å²) in [5.74, 6) is 1.48. The molecule has 4 heteroatoms. The molecule has 174 valence electrons. The molecule has 1 aromatic heterocycles. The van der Waals surface area contributed by atoms with Crippen molar-refractivity contribution in [3.63, 3.8) is 0 Å². The summed E-state index contributed by atoms with van der Waals surface area (Å²) in [6, 6.07) is 8.71. The molecule has 0 bridgehead atoms. The van der Waals surface area contributed by atoms with Gasteiger partial charge in [0.2, 0.25) is 0 Å². The first-order valence-corrected chi connectivity index (χ1v) is 13.0. The van der Waals surface area contributed by atoms with Crippen molar-refractivity contribution in [2.45, 2.75) is 81.6 Å². The van der Waals surface area contributed by atoms with Crippen LogP contribution in [0.25, 0.3) is 21.9 Å². The van der Waals surface area contributed by atoms with Crippen LogP contribution in [0.15, 0.2) is 44.5 Å². The first kappa shape index (κ1) is 24.5. The summed E-state index contributed by atoms with van der Waals surface area (Å²) in [6.07, 6.45) is 5.54. The number of allylic oxidation sites excluding steroid dienone is 2. The average Bonchev–Trinajstić information content (AvgIpc) is 2.87. The molecule has 2 aromatic carbocycles. The summed E-state index contributed by atoms with van der Waals surface area (Å²) in [7, 11) is -1.64. The maximum atomic E-state index is 6.58. The van der Waals surface area contributed by atoms with Crippen LogP contribution in [0.2, 0.25) is 0 Å². The monoisotopic (exact) mass is 454 g/mol. The van der Waals surface area contributed by atoms with Gasteiger partial charge >= 0.3 is 8.24 Å². The molecule has 0 fully saturated rings. The summed E-state index contributed by atoms with van der Waals surface area (Å²) >= 11 is 0. The summed E-state index contributed by atoms with van der Waals surface area (Å²) in [5.41, 5.74) is 6.25. The van der Waals surface area contributed by atoms with Gasteiger partial charge in [-0.05, 0) is 87.4 Å². The summed E-state index contributed by atoms with van der Waals surface area (Å²) < 4.78 is 19.6. The minimum absolute atomic E-state index is 0.100. The maximum Gasteiger partial charge on any atom is 0.452 e. The van der Waals surface area contributed by atoms with Crippen LogP contribution in [-0.4, -0.2) is 0 Å². The van der Waals surface area contributed by atoms with Gasteiger partial charge in [0.05, 0.1) is 0 Å². The van der Waals surface area contributed by atoms with E-state index in [0.29, 0.717) is 5.92 Å². The Morgan fingerprint density at radius 3 is 1.84 bits per heavy atom. The Labute approximate surface area is 194 Å². The van der Waals surface area contributed by atoms with Crippen molar-refractivity contribution in [1.82, 2.24) is 0 Å². The van der Waals surface area contributed by atoms with Gasteiger partial charge in [-0.15, -0.1) is 0 Å². The maximum absolute atomic E-state index is 6.58. The molecule has 3 rings (SSSR count). The molecule has 3 aromatic rings. The third-order valence-electron chi connectivity index (χ3n) is 6.68. The van der Waals surface area contributed by atoms with Gasteiger partial charge in [-0.3, -0.25) is 0 Å². The zero-order chi connectivity index (χ0) is 23.6. The fourth-order valence-electron chi connectivity index (χ4n) is 5.00. The number of benzene rings is 2. The minimum Gasteiger partial charge on any atom is -0.395 e. The first-order valence-electron chi connectivity index (χ1n) is 11.9. The molecule has 3 nitrogen and oxygen atoms in total. The molecular formula is C28H39O3P. The molecule has 1 atom stereocenters. The second-order valence-electron chi connectivity index (χ2n) is 9.68. The Morgan fingerprint density at radius 1 is 0.938 bits per heavy atom. The Balaban J connectivity index is 2.27. The molecule has 0 aliphatic carbocycles. The molecule has 1 heterocycles. The third kappa shape index (κ3) is 4.79. The molecule has 0 aliphatic heterocycles. The van der Waals surface area contributed by atoms with E-state index in [2.05, 4.69) is 85.7 Å². The number of hydrogen-bond acceptors (Lipinski definition) is 3. The highest BCUT2D eigenvalue weighted by Crippen LogP contribution is 2.44. The fourth-order valence-corrected chi connectivity index (χ4v) is 6.40. The average molecular weight is 455 g/mol. The van der Waals surface area contributed by atoms with E-state index >= 15 is 0 Å². The van der Waals surface area contributed by atoms with Gasteiger partial charge in [-0.1, -0.05) is 52.7 Å². The van der Waals surface area contributed by atoms with Crippen LogP contribution >= 0.6 is 8.24 Å². The Kier molecular flexibility index (Phi) is 7.50. The second kappa shape index (κ2) is 9.79. The van der Waals surface area contributed by atoms with Crippen molar-refractivity contribution in [3.8, 4) is 0 Å². The molecule has 0 N–H and O–H groups in total. The number of hydrogen-bond donors (Lipinski definition) is 0. The zero-order valence-electron chi connectivity index (χ0n) is 21.3. The Hall–Kier alpha value is -2.12. The predicted molar refractivity (Wildman–Crippen MR) is 138 cm³/mol. The molecule has 1 unspecified atom stereocenters. The summed E-state index contributed by atoms with van der Waals surface area (Å²) in [4.78, 5) is 0. The van der Waals surface area contributed by atoms with Crippen LogP contribution in [0, 0.1) is 39.0 Å². The molecular weight excluding hydrogens is 415 g/mol. The van der Waals surface area contributed by atoms with Gasteiger partial charge in [0.25, 0.3) is 0 Å². The van der Waals surface area contributed by atoms with E-state index in [4.69, 9.17) is 12.9 Å². The smallest absolute Gasteiger partial charge is 0.395 e. The van der Waals surface area contributed by atoms with E-state index in [0.717, 1.165) is 45.2 Å². The number of aryl methyl sites for hydroxylation is 4. The van der Waals surface area contributed by atoms with Crippen LogP contribution in [0.3, 0.4) is 0 Å². The number of rotatable bonds is 7. The lowest BCUT2D eigenvalue weighted by Crippen LogP contribution is -2.28. The normalized spacial score (nSPS) is 13.6. The lowest BCUT2D eigenvalue weighted by atomic mass is 9.73. The third-order valence-corrected chi connectivity index (χ3v) is 7.69. The summed E-state index contributed by atoms with van der Waals surface area (Å²) in [5, 5.41) is 2.16. The van der Waals surface area contributed by atoms with Crippen molar-refractivity contribution >= 4 is 30.2 Å². The van der Waals surface area contributed by atoms with Crippen LogP contribution < -0.4 is 4.52 Å². The van der Waals surface area contributed by atoms with E-state index in [1.54, 1.807) is 0 Å². The van der Waals surface area contributed by atoms with Crippen molar-refractivity contribution < 1.29 is 12.9 Å². The quantitative estimate of drug-likeness (QED) is 0.333. The van der Waals surface area contributed by atoms with Crippen LogP contribution in [0.1, 0.15) is 76.1 Å². The zero-order valence-corrected chi connectivity index (χ0v) is 22.2. The highest BCUT2D eigenvalue weighted by molar-refractivity contribution is 7.32. The predicted octanol–water partition coefficient (Wildman–Crippen LogP) is 9.71. The first-order chi connectivity index (χ1) is 15.1. The van der Waals surface area contributed by atoms with E-state index < -0.39 is 8.24 Å². The Bertz CT molecular complexity index is 1110. The standard InChI is InChI=1S/C28H39O3P/c1-10-13-22(11-2)28(8,9)25(12-3)29-32-30-26-20(6)14-18(4)16-23(26)24-17-19(5)15-21(7)27(24)31-32/h12,14-17,22H,10-11,13H2,1-9H3/b25-12+. The van der Waals surface area contributed by atoms with Crippen LogP contribution in [-0.2, 0) is 0 Å². The van der Waals surface area contributed by atoms with Gasteiger partial charge in [0.1, 0.15) is 16.9 Å². The van der Waals surface area contributed by atoms with Gasteiger partial charge in [0, 0.05) is 16.2 Å². The van der Waals surface area contributed by atoms with Crippen LogP contribution in [0.5, 0.6) is 0 Å². The van der Waals surface area contributed by atoms with Crippen molar-refractivity contribution in [1.29, 1.82) is 0 Å². The molecule has 0 radical (unpaired) electrons. The molecule has 0 aliphatic rings. The second-order valence-corrected chi connectivity index (χ2v) is 10.7. The van der Waals surface area contributed by atoms with Crippen molar-refractivity contribution in [2.75, 3.05) is 0 Å². The largest absolute Gasteiger partial charge is 0.452 e. The van der Waals surface area contributed by atoms with Crippen molar-refractivity contribution in [3.05, 3.63) is 58.4 Å². The Morgan fingerprint density at radius 2 is 1.44 bits per heavy atom. The van der Waals surface area contributed by atoms with E-state index in [9.17, 15) is 0 Å². The highest BCUT2D eigenvalue weighted by Gasteiger charge is 2.34. The van der Waals surface area contributed by atoms with Gasteiger partial charge < -0.3 is 12.9 Å². The molecule has 0 saturated carbocycles.